The molecule has 1 aliphatic rings. The van der Waals surface area contributed by atoms with Crippen molar-refractivity contribution in [2.75, 3.05) is 13.1 Å². The molecule has 1 N–H and O–H groups in total. The molecule has 1 fully saturated rings. The van der Waals surface area contributed by atoms with Gasteiger partial charge in [0.1, 0.15) is 0 Å². The number of benzene rings is 1. The van der Waals surface area contributed by atoms with E-state index in [9.17, 15) is 4.79 Å². The fourth-order valence-electron chi connectivity index (χ4n) is 3.12. The van der Waals surface area contributed by atoms with Gasteiger partial charge in [0, 0.05) is 30.7 Å². The maximum absolute atomic E-state index is 12.5. The van der Waals surface area contributed by atoms with Gasteiger partial charge in [-0.15, -0.1) is 0 Å². The summed E-state index contributed by atoms with van der Waals surface area (Å²) in [5.41, 5.74) is 1.51. The summed E-state index contributed by atoms with van der Waals surface area (Å²) < 4.78 is 5.73. The van der Waals surface area contributed by atoms with Crippen molar-refractivity contribution in [1.82, 2.24) is 15.2 Å². The fourth-order valence-corrected chi connectivity index (χ4v) is 3.12. The minimum atomic E-state index is -0.162. The zero-order chi connectivity index (χ0) is 17.1. The van der Waals surface area contributed by atoms with E-state index in [0.717, 1.165) is 31.5 Å². The molecule has 0 radical (unpaired) electrons. The van der Waals surface area contributed by atoms with E-state index in [2.05, 4.69) is 29.0 Å². The smallest absolute Gasteiger partial charge is 0.289 e. The number of rotatable bonds is 4. The van der Waals surface area contributed by atoms with Gasteiger partial charge in [0.2, 0.25) is 11.7 Å². The van der Waals surface area contributed by atoms with Gasteiger partial charge in [-0.3, -0.25) is 4.79 Å². The van der Waals surface area contributed by atoms with Gasteiger partial charge in [0.15, 0.2) is 0 Å². The molecule has 0 unspecified atom stereocenters. The van der Waals surface area contributed by atoms with Crippen molar-refractivity contribution in [2.24, 2.45) is 0 Å². The predicted molar refractivity (Wildman–Crippen MR) is 93.9 cm³/mol. The van der Waals surface area contributed by atoms with Crippen LogP contribution in [-0.2, 0) is 0 Å². The van der Waals surface area contributed by atoms with Crippen molar-refractivity contribution in [3.05, 3.63) is 41.8 Å². The van der Waals surface area contributed by atoms with Crippen LogP contribution >= 0.6 is 0 Å². The first-order valence-electron chi connectivity index (χ1n) is 8.62. The van der Waals surface area contributed by atoms with Crippen molar-refractivity contribution in [1.29, 1.82) is 0 Å². The lowest BCUT2D eigenvalue weighted by molar-refractivity contribution is 0.0873. The Morgan fingerprint density at radius 3 is 2.54 bits per heavy atom. The first-order valence-corrected chi connectivity index (χ1v) is 8.62. The molecule has 1 aliphatic heterocycles. The number of hydrogen-bond acceptors (Lipinski definition) is 4. The summed E-state index contributed by atoms with van der Waals surface area (Å²) in [6.07, 6.45) is 1.95. The lowest BCUT2D eigenvalue weighted by atomic mass is 10.0. The highest BCUT2D eigenvalue weighted by Crippen LogP contribution is 2.22. The molecule has 5 nitrogen and oxygen atoms in total. The van der Waals surface area contributed by atoms with Crippen molar-refractivity contribution < 1.29 is 9.21 Å². The van der Waals surface area contributed by atoms with Gasteiger partial charge in [0.05, 0.1) is 5.69 Å². The molecular weight excluding hydrogens is 302 g/mol. The van der Waals surface area contributed by atoms with E-state index >= 15 is 0 Å². The summed E-state index contributed by atoms with van der Waals surface area (Å²) in [6.45, 7) is 8.27. The zero-order valence-electron chi connectivity index (χ0n) is 14.6. The second-order valence-electron chi connectivity index (χ2n) is 6.68. The molecule has 0 saturated carbocycles. The number of carbonyl (C=O) groups excluding carboxylic acids is 1. The van der Waals surface area contributed by atoms with Crippen molar-refractivity contribution >= 4 is 5.91 Å². The van der Waals surface area contributed by atoms with Crippen LogP contribution in [0.4, 0.5) is 0 Å². The van der Waals surface area contributed by atoms with Crippen molar-refractivity contribution in [2.45, 2.75) is 45.7 Å². The molecule has 1 aromatic carbocycles. The Balaban J connectivity index is 1.65. The van der Waals surface area contributed by atoms with Gasteiger partial charge in [-0.2, -0.15) is 0 Å². The standard InChI is InChI=1S/C19H25N3O2/c1-13(2)22-11-9-16(10-12-22)21-18(23)17-14(3)20-19(24-17)15-7-5-4-6-8-15/h4-8,13,16H,9-12H2,1-3H3,(H,21,23). The molecule has 0 atom stereocenters. The summed E-state index contributed by atoms with van der Waals surface area (Å²) in [6, 6.07) is 10.4. The zero-order valence-corrected chi connectivity index (χ0v) is 14.6. The maximum atomic E-state index is 12.5. The quantitative estimate of drug-likeness (QED) is 0.936. The molecular formula is C19H25N3O2. The SMILES string of the molecule is Cc1nc(-c2ccccc2)oc1C(=O)NC1CCN(C(C)C)CC1. The molecule has 5 heteroatoms. The first-order chi connectivity index (χ1) is 11.5. The molecule has 0 aliphatic carbocycles. The molecule has 1 aromatic heterocycles. The predicted octanol–water partition coefficient (Wildman–Crippen LogP) is 3.25. The minimum absolute atomic E-state index is 0.162. The topological polar surface area (TPSA) is 58.4 Å². The Morgan fingerprint density at radius 1 is 1.25 bits per heavy atom. The molecule has 1 amide bonds. The van der Waals surface area contributed by atoms with E-state index in [0.29, 0.717) is 23.4 Å². The highest BCUT2D eigenvalue weighted by Gasteiger charge is 2.25. The summed E-state index contributed by atoms with van der Waals surface area (Å²) in [4.78, 5) is 19.4. The molecule has 1 saturated heterocycles. The van der Waals surface area contributed by atoms with Gasteiger partial charge < -0.3 is 14.6 Å². The Morgan fingerprint density at radius 2 is 1.92 bits per heavy atom. The van der Waals surface area contributed by atoms with Crippen molar-refractivity contribution in [3.63, 3.8) is 0 Å². The van der Waals surface area contributed by atoms with Gasteiger partial charge in [-0.1, -0.05) is 18.2 Å². The molecule has 24 heavy (non-hydrogen) atoms. The number of aryl methyl sites for hydroxylation is 1. The second kappa shape index (κ2) is 7.18. The summed E-state index contributed by atoms with van der Waals surface area (Å²) in [5, 5.41) is 3.10. The lowest BCUT2D eigenvalue weighted by Crippen LogP contribution is -2.46. The first kappa shape index (κ1) is 16.7. The number of nitrogens with one attached hydrogen (secondary N) is 1. The molecule has 0 bridgehead atoms. The average molecular weight is 327 g/mol. The third-order valence-corrected chi connectivity index (χ3v) is 4.62. The highest BCUT2D eigenvalue weighted by atomic mass is 16.4. The Labute approximate surface area is 143 Å². The van der Waals surface area contributed by atoms with Crippen LogP contribution in [0.15, 0.2) is 34.7 Å². The third-order valence-electron chi connectivity index (χ3n) is 4.62. The van der Waals surface area contributed by atoms with E-state index in [-0.39, 0.29) is 11.9 Å². The van der Waals surface area contributed by atoms with Crippen LogP contribution in [0.5, 0.6) is 0 Å². The molecule has 128 valence electrons. The third kappa shape index (κ3) is 3.67. The van der Waals surface area contributed by atoms with E-state index in [4.69, 9.17) is 4.42 Å². The van der Waals surface area contributed by atoms with E-state index in [1.54, 1.807) is 0 Å². The number of carbonyl (C=O) groups is 1. The fraction of sp³-hybridized carbons (Fsp3) is 0.474. The molecule has 0 spiro atoms. The summed E-state index contributed by atoms with van der Waals surface area (Å²) in [7, 11) is 0. The summed E-state index contributed by atoms with van der Waals surface area (Å²) in [5.74, 6) is 0.651. The molecule has 3 rings (SSSR count). The van der Waals surface area contributed by atoms with Gasteiger partial charge in [-0.25, -0.2) is 4.98 Å². The van der Waals surface area contributed by atoms with Gasteiger partial charge in [-0.05, 0) is 45.7 Å². The number of amides is 1. The van der Waals surface area contributed by atoms with E-state index < -0.39 is 0 Å². The van der Waals surface area contributed by atoms with Crippen LogP contribution in [0.25, 0.3) is 11.5 Å². The monoisotopic (exact) mass is 327 g/mol. The highest BCUT2D eigenvalue weighted by molar-refractivity contribution is 5.93. The van der Waals surface area contributed by atoms with Crippen LogP contribution in [0.3, 0.4) is 0 Å². The van der Waals surface area contributed by atoms with Crippen LogP contribution < -0.4 is 5.32 Å². The normalized spacial score (nSPS) is 16.5. The minimum Gasteiger partial charge on any atom is -0.431 e. The second-order valence-corrected chi connectivity index (χ2v) is 6.68. The van der Waals surface area contributed by atoms with Gasteiger partial charge >= 0.3 is 0 Å². The average Bonchev–Trinajstić information content (AvgIpc) is 2.98. The number of hydrogen-bond donors (Lipinski definition) is 1. The Hall–Kier alpha value is -2.14. The summed E-state index contributed by atoms with van der Waals surface area (Å²) >= 11 is 0. The van der Waals surface area contributed by atoms with Crippen LogP contribution in [-0.4, -0.2) is 41.0 Å². The van der Waals surface area contributed by atoms with Gasteiger partial charge in [0.25, 0.3) is 5.91 Å². The number of aromatic nitrogens is 1. The number of likely N-dealkylation sites (tertiary alicyclic amines) is 1. The number of nitrogens with zero attached hydrogens (tertiary/aromatic N) is 2. The van der Waals surface area contributed by atoms with Crippen LogP contribution in [0.2, 0.25) is 0 Å². The largest absolute Gasteiger partial charge is 0.431 e. The van der Waals surface area contributed by atoms with Crippen molar-refractivity contribution in [3.8, 4) is 11.5 Å². The molecule has 2 heterocycles. The van der Waals surface area contributed by atoms with Crippen LogP contribution in [0.1, 0.15) is 42.9 Å². The molecule has 2 aromatic rings. The number of oxazole rings is 1. The van der Waals surface area contributed by atoms with Crippen LogP contribution in [0, 0.1) is 6.92 Å². The lowest BCUT2D eigenvalue weighted by Gasteiger charge is -2.34. The maximum Gasteiger partial charge on any atom is 0.289 e. The Bertz CT molecular complexity index is 686. The van der Waals surface area contributed by atoms with E-state index in [1.807, 2.05) is 37.3 Å². The Kier molecular flexibility index (Phi) is 5.00. The number of piperidine rings is 1. The van der Waals surface area contributed by atoms with E-state index in [1.165, 1.54) is 0 Å².